The van der Waals surface area contributed by atoms with Crippen LogP contribution in [-0.2, 0) is 0 Å². The van der Waals surface area contributed by atoms with E-state index in [1.807, 2.05) is 24.3 Å². The molecule has 110 valence electrons. The lowest BCUT2D eigenvalue weighted by atomic mass is 10.3. The van der Waals surface area contributed by atoms with Crippen LogP contribution in [0.25, 0.3) is 0 Å². The second-order valence-corrected chi connectivity index (χ2v) is 5.34. The smallest absolute Gasteiger partial charge is 0.249 e. The summed E-state index contributed by atoms with van der Waals surface area (Å²) in [5.41, 5.74) is 1.57. The van der Waals surface area contributed by atoms with Crippen molar-refractivity contribution in [2.75, 3.05) is 10.6 Å². The van der Waals surface area contributed by atoms with E-state index in [4.69, 9.17) is 0 Å². The van der Waals surface area contributed by atoms with Crippen LogP contribution < -0.4 is 10.6 Å². The molecule has 0 unspecified atom stereocenters. The second kappa shape index (κ2) is 6.48. The summed E-state index contributed by atoms with van der Waals surface area (Å²) in [5.74, 6) is 0.589. The first-order valence-corrected chi connectivity index (χ1v) is 7.23. The van der Waals surface area contributed by atoms with Crippen molar-refractivity contribution in [1.29, 1.82) is 0 Å². The minimum Gasteiger partial charge on any atom is -0.339 e. The van der Waals surface area contributed by atoms with E-state index in [0.29, 0.717) is 17.5 Å². The largest absolute Gasteiger partial charge is 0.339 e. The van der Waals surface area contributed by atoms with Gasteiger partial charge in [-0.05, 0) is 48.5 Å². The van der Waals surface area contributed by atoms with Crippen molar-refractivity contribution >= 4 is 39.1 Å². The molecule has 0 fully saturated rings. The van der Waals surface area contributed by atoms with E-state index >= 15 is 0 Å². The van der Waals surface area contributed by atoms with Gasteiger partial charge in [-0.25, -0.2) is 4.39 Å². The molecule has 1 heterocycles. The summed E-state index contributed by atoms with van der Waals surface area (Å²) in [5, 5.41) is 13.9. The number of halogens is 2. The zero-order valence-electron chi connectivity index (χ0n) is 11.3. The van der Waals surface area contributed by atoms with Gasteiger partial charge in [-0.2, -0.15) is 10.1 Å². The van der Waals surface area contributed by atoms with Crippen LogP contribution in [0.5, 0.6) is 0 Å². The van der Waals surface area contributed by atoms with Gasteiger partial charge < -0.3 is 10.6 Å². The molecule has 0 saturated carbocycles. The third-order valence-corrected chi connectivity index (χ3v) is 3.30. The summed E-state index contributed by atoms with van der Waals surface area (Å²) in [6.07, 6.45) is 1.53. The van der Waals surface area contributed by atoms with Gasteiger partial charge in [0.1, 0.15) is 5.82 Å². The van der Waals surface area contributed by atoms with Gasteiger partial charge in [-0.3, -0.25) is 0 Å². The maximum atomic E-state index is 12.9. The highest BCUT2D eigenvalue weighted by Crippen LogP contribution is 2.19. The molecule has 0 bridgehead atoms. The standard InChI is InChI=1S/C15H11BrFN5/c16-10-1-5-12(6-2-10)19-14-9-18-22-15(21-14)20-13-7-3-11(17)4-8-13/h1-9H,(H2,19,20,21,22). The van der Waals surface area contributed by atoms with Gasteiger partial charge in [0.2, 0.25) is 5.95 Å². The predicted octanol–water partition coefficient (Wildman–Crippen LogP) is 4.26. The number of anilines is 4. The maximum Gasteiger partial charge on any atom is 0.249 e. The van der Waals surface area contributed by atoms with E-state index in [2.05, 4.69) is 41.7 Å². The fourth-order valence-electron chi connectivity index (χ4n) is 1.76. The zero-order chi connectivity index (χ0) is 15.4. The van der Waals surface area contributed by atoms with Crippen LogP contribution in [-0.4, -0.2) is 15.2 Å². The average molecular weight is 360 g/mol. The molecule has 3 aromatic rings. The molecule has 5 nitrogen and oxygen atoms in total. The lowest BCUT2D eigenvalue weighted by Crippen LogP contribution is -2.02. The monoisotopic (exact) mass is 359 g/mol. The Labute approximate surface area is 134 Å². The Morgan fingerprint density at radius 2 is 1.50 bits per heavy atom. The fourth-order valence-corrected chi connectivity index (χ4v) is 2.02. The van der Waals surface area contributed by atoms with Crippen LogP contribution in [0.2, 0.25) is 0 Å². The van der Waals surface area contributed by atoms with Crippen LogP contribution in [0, 0.1) is 5.82 Å². The quantitative estimate of drug-likeness (QED) is 0.728. The summed E-state index contributed by atoms with van der Waals surface area (Å²) >= 11 is 3.38. The van der Waals surface area contributed by atoms with Gasteiger partial charge >= 0.3 is 0 Å². The van der Waals surface area contributed by atoms with Crippen LogP contribution in [0.3, 0.4) is 0 Å². The molecular formula is C15H11BrFN5. The SMILES string of the molecule is Fc1ccc(Nc2nncc(Nc3ccc(Br)cc3)n2)cc1. The topological polar surface area (TPSA) is 62.7 Å². The van der Waals surface area contributed by atoms with Crippen molar-refractivity contribution in [2.24, 2.45) is 0 Å². The van der Waals surface area contributed by atoms with Crippen LogP contribution in [0.4, 0.5) is 27.5 Å². The van der Waals surface area contributed by atoms with Crippen molar-refractivity contribution in [3.8, 4) is 0 Å². The summed E-state index contributed by atoms with van der Waals surface area (Å²) in [6.45, 7) is 0. The van der Waals surface area contributed by atoms with E-state index in [9.17, 15) is 4.39 Å². The molecule has 0 saturated heterocycles. The predicted molar refractivity (Wildman–Crippen MR) is 86.9 cm³/mol. The zero-order valence-corrected chi connectivity index (χ0v) is 12.9. The van der Waals surface area contributed by atoms with Crippen LogP contribution >= 0.6 is 15.9 Å². The molecule has 0 atom stereocenters. The molecule has 0 aliphatic heterocycles. The Bertz CT molecular complexity index is 699. The highest BCUT2D eigenvalue weighted by molar-refractivity contribution is 9.10. The minimum absolute atomic E-state index is 0.296. The molecule has 0 radical (unpaired) electrons. The van der Waals surface area contributed by atoms with Crippen molar-refractivity contribution in [2.45, 2.75) is 0 Å². The Kier molecular flexibility index (Phi) is 4.24. The van der Waals surface area contributed by atoms with Gasteiger partial charge in [0.05, 0.1) is 6.20 Å². The Balaban J connectivity index is 1.74. The van der Waals surface area contributed by atoms with Crippen molar-refractivity contribution in [3.63, 3.8) is 0 Å². The van der Waals surface area contributed by atoms with E-state index in [-0.39, 0.29) is 5.82 Å². The normalized spacial score (nSPS) is 10.3. The van der Waals surface area contributed by atoms with Crippen molar-refractivity contribution in [1.82, 2.24) is 15.2 Å². The molecule has 0 spiro atoms. The van der Waals surface area contributed by atoms with E-state index in [1.165, 1.54) is 18.3 Å². The highest BCUT2D eigenvalue weighted by Gasteiger charge is 2.02. The summed E-state index contributed by atoms with van der Waals surface area (Å²) in [4.78, 5) is 4.31. The van der Waals surface area contributed by atoms with Gasteiger partial charge in [0.25, 0.3) is 0 Å². The first-order chi connectivity index (χ1) is 10.7. The van der Waals surface area contributed by atoms with Crippen molar-refractivity contribution < 1.29 is 4.39 Å². The van der Waals surface area contributed by atoms with Crippen LogP contribution in [0.15, 0.2) is 59.2 Å². The number of rotatable bonds is 4. The molecule has 7 heteroatoms. The number of nitrogens with zero attached hydrogens (tertiary/aromatic N) is 3. The Morgan fingerprint density at radius 1 is 0.864 bits per heavy atom. The summed E-state index contributed by atoms with van der Waals surface area (Å²) < 4.78 is 13.9. The van der Waals surface area contributed by atoms with Crippen molar-refractivity contribution in [3.05, 3.63) is 65.0 Å². The third kappa shape index (κ3) is 3.76. The Morgan fingerprint density at radius 3 is 2.23 bits per heavy atom. The lowest BCUT2D eigenvalue weighted by molar-refractivity contribution is 0.628. The van der Waals surface area contributed by atoms with E-state index < -0.39 is 0 Å². The minimum atomic E-state index is -0.296. The molecule has 2 aromatic carbocycles. The maximum absolute atomic E-state index is 12.9. The Hall–Kier alpha value is -2.54. The van der Waals surface area contributed by atoms with Gasteiger partial charge in [0.15, 0.2) is 5.82 Å². The van der Waals surface area contributed by atoms with Gasteiger partial charge in [-0.15, -0.1) is 5.10 Å². The molecule has 0 amide bonds. The lowest BCUT2D eigenvalue weighted by Gasteiger charge is -2.07. The summed E-state index contributed by atoms with van der Waals surface area (Å²) in [7, 11) is 0. The number of hydrogen-bond donors (Lipinski definition) is 2. The molecule has 2 N–H and O–H groups in total. The van der Waals surface area contributed by atoms with Crippen LogP contribution in [0.1, 0.15) is 0 Å². The number of benzene rings is 2. The number of aromatic nitrogens is 3. The average Bonchev–Trinajstić information content (AvgIpc) is 2.52. The molecule has 22 heavy (non-hydrogen) atoms. The number of nitrogens with one attached hydrogen (secondary N) is 2. The first kappa shape index (κ1) is 14.4. The third-order valence-electron chi connectivity index (χ3n) is 2.78. The van der Waals surface area contributed by atoms with Gasteiger partial charge in [0, 0.05) is 15.8 Å². The van der Waals surface area contributed by atoms with E-state index in [1.54, 1.807) is 12.1 Å². The molecule has 3 rings (SSSR count). The first-order valence-electron chi connectivity index (χ1n) is 6.44. The molecule has 0 aliphatic rings. The highest BCUT2D eigenvalue weighted by atomic mass is 79.9. The number of hydrogen-bond acceptors (Lipinski definition) is 5. The molecule has 1 aromatic heterocycles. The molecular weight excluding hydrogens is 349 g/mol. The fraction of sp³-hybridized carbons (Fsp3) is 0. The van der Waals surface area contributed by atoms with E-state index in [0.717, 1.165) is 10.2 Å². The molecule has 0 aliphatic carbocycles. The second-order valence-electron chi connectivity index (χ2n) is 4.43. The van der Waals surface area contributed by atoms with Gasteiger partial charge in [-0.1, -0.05) is 15.9 Å². The summed E-state index contributed by atoms with van der Waals surface area (Å²) in [6, 6.07) is 13.6.